The van der Waals surface area contributed by atoms with E-state index in [1.165, 1.54) is 12.1 Å². The van der Waals surface area contributed by atoms with Crippen LogP contribution in [-0.2, 0) is 6.54 Å². The van der Waals surface area contributed by atoms with Gasteiger partial charge in [-0.05, 0) is 17.3 Å². The summed E-state index contributed by atoms with van der Waals surface area (Å²) in [5.74, 6) is 0.947. The molecule has 2 rings (SSSR count). The fraction of sp³-hybridized carbons (Fsp3) is 0.273. The molecule has 8 heteroatoms. The van der Waals surface area contributed by atoms with Crippen LogP contribution in [-0.4, -0.2) is 29.2 Å². The van der Waals surface area contributed by atoms with Gasteiger partial charge in [-0.1, -0.05) is 0 Å². The smallest absolute Gasteiger partial charge is 0.269 e. The molecule has 0 atom stereocenters. The van der Waals surface area contributed by atoms with Crippen molar-refractivity contribution >= 4 is 17.3 Å². The van der Waals surface area contributed by atoms with E-state index in [1.807, 2.05) is 14.1 Å². The summed E-state index contributed by atoms with van der Waals surface area (Å²) in [5, 5.41) is 17.3. The Bertz CT molecular complexity index is 564. The van der Waals surface area contributed by atoms with Gasteiger partial charge in [0.25, 0.3) is 11.6 Å². The van der Waals surface area contributed by atoms with Gasteiger partial charge in [0.1, 0.15) is 0 Å². The molecule has 19 heavy (non-hydrogen) atoms. The van der Waals surface area contributed by atoms with Gasteiger partial charge in [0.05, 0.1) is 11.5 Å². The lowest BCUT2D eigenvalue weighted by atomic mass is 10.3. The normalized spacial score (nSPS) is 10.2. The third-order valence-corrected chi connectivity index (χ3v) is 2.38. The summed E-state index contributed by atoms with van der Waals surface area (Å²) in [7, 11) is 3.64. The number of hydrogen-bond acceptors (Lipinski definition) is 7. The average molecular weight is 263 g/mol. The molecule has 0 bridgehead atoms. The van der Waals surface area contributed by atoms with Crippen molar-refractivity contribution in [3.63, 3.8) is 0 Å². The third kappa shape index (κ3) is 3.18. The van der Waals surface area contributed by atoms with E-state index < -0.39 is 4.92 Å². The number of benzene rings is 1. The number of nitro benzene ring substituents is 1. The van der Waals surface area contributed by atoms with Gasteiger partial charge in [0, 0.05) is 31.9 Å². The molecule has 8 nitrogen and oxygen atoms in total. The number of rotatable bonds is 5. The average Bonchev–Trinajstić information content (AvgIpc) is 2.86. The van der Waals surface area contributed by atoms with Crippen LogP contribution in [0.1, 0.15) is 5.89 Å². The molecule has 0 unspecified atom stereocenters. The van der Waals surface area contributed by atoms with Crippen molar-refractivity contribution in [2.45, 2.75) is 6.54 Å². The van der Waals surface area contributed by atoms with Crippen LogP contribution in [0.4, 0.5) is 17.3 Å². The Hall–Kier alpha value is -2.64. The number of non-ortho nitro benzene ring substituents is 1. The Morgan fingerprint density at radius 1 is 1.37 bits per heavy atom. The highest BCUT2D eigenvalue weighted by molar-refractivity contribution is 5.48. The fourth-order valence-electron chi connectivity index (χ4n) is 1.38. The summed E-state index contributed by atoms with van der Waals surface area (Å²) in [5.41, 5.74) is 0.799. The topological polar surface area (TPSA) is 97.3 Å². The quantitative estimate of drug-likeness (QED) is 0.647. The fourth-order valence-corrected chi connectivity index (χ4v) is 1.38. The summed E-state index contributed by atoms with van der Waals surface area (Å²) in [6, 6.07) is 6.12. The lowest BCUT2D eigenvalue weighted by molar-refractivity contribution is -0.384. The molecule has 100 valence electrons. The Labute approximate surface area is 109 Å². The van der Waals surface area contributed by atoms with Crippen molar-refractivity contribution < 1.29 is 9.45 Å². The molecule has 0 aliphatic rings. The lowest BCUT2D eigenvalue weighted by Gasteiger charge is -2.03. The Kier molecular flexibility index (Phi) is 3.60. The van der Waals surface area contributed by atoms with Crippen LogP contribution in [0.2, 0.25) is 0 Å². The molecule has 0 saturated carbocycles. The van der Waals surface area contributed by atoms with Crippen LogP contribution >= 0.6 is 0 Å². The van der Waals surface area contributed by atoms with Crippen LogP contribution in [0.15, 0.2) is 28.8 Å². The molecule has 0 fully saturated rings. The monoisotopic (exact) mass is 263 g/mol. The largest absolute Gasteiger partial charge is 0.376 e. The zero-order valence-electron chi connectivity index (χ0n) is 10.5. The van der Waals surface area contributed by atoms with Crippen LogP contribution in [0.25, 0.3) is 0 Å². The minimum Gasteiger partial charge on any atom is -0.376 e. The van der Waals surface area contributed by atoms with E-state index in [2.05, 4.69) is 15.5 Å². The zero-order chi connectivity index (χ0) is 13.8. The van der Waals surface area contributed by atoms with Gasteiger partial charge in [-0.3, -0.25) is 10.1 Å². The Balaban J connectivity index is 1.96. The van der Waals surface area contributed by atoms with Crippen molar-refractivity contribution in [1.29, 1.82) is 0 Å². The van der Waals surface area contributed by atoms with E-state index in [1.54, 1.807) is 17.0 Å². The maximum absolute atomic E-state index is 10.5. The minimum absolute atomic E-state index is 0.0539. The molecule has 0 spiro atoms. The minimum atomic E-state index is -0.439. The summed E-state index contributed by atoms with van der Waals surface area (Å²) in [6.45, 7) is 0.360. The first-order chi connectivity index (χ1) is 9.06. The second kappa shape index (κ2) is 5.34. The van der Waals surface area contributed by atoms with E-state index in [4.69, 9.17) is 4.52 Å². The van der Waals surface area contributed by atoms with Crippen LogP contribution in [0.5, 0.6) is 0 Å². The lowest BCUT2D eigenvalue weighted by Crippen LogP contribution is -2.10. The number of nitrogens with one attached hydrogen (secondary N) is 1. The standard InChI is InChI=1S/C11H13N5O3/c1-15(2)11-13-10(19-14-11)7-12-8-3-5-9(6-4-8)16(17)18/h3-6,12H,7H2,1-2H3. The molecule has 1 heterocycles. The number of nitrogens with zero attached hydrogens (tertiary/aromatic N) is 4. The van der Waals surface area contributed by atoms with Crippen LogP contribution in [0.3, 0.4) is 0 Å². The van der Waals surface area contributed by atoms with Crippen LogP contribution < -0.4 is 10.2 Å². The van der Waals surface area contributed by atoms with Gasteiger partial charge in [-0.25, -0.2) is 0 Å². The molecular formula is C11H13N5O3. The number of aromatic nitrogens is 2. The van der Waals surface area contributed by atoms with Gasteiger partial charge in [0.15, 0.2) is 0 Å². The molecule has 0 amide bonds. The maximum Gasteiger partial charge on any atom is 0.269 e. The van der Waals surface area contributed by atoms with Gasteiger partial charge < -0.3 is 14.7 Å². The highest BCUT2D eigenvalue weighted by atomic mass is 16.6. The van der Waals surface area contributed by atoms with Crippen molar-refractivity contribution in [3.8, 4) is 0 Å². The Morgan fingerprint density at radius 3 is 2.58 bits per heavy atom. The number of nitro groups is 1. The zero-order valence-corrected chi connectivity index (χ0v) is 10.5. The molecule has 1 aromatic heterocycles. The molecule has 0 aliphatic carbocycles. The van der Waals surface area contributed by atoms with E-state index in [0.717, 1.165) is 5.69 Å². The summed E-state index contributed by atoms with van der Waals surface area (Å²) < 4.78 is 5.04. The summed E-state index contributed by atoms with van der Waals surface area (Å²) in [6.07, 6.45) is 0. The molecule has 2 aromatic rings. The van der Waals surface area contributed by atoms with Crippen molar-refractivity contribution in [2.24, 2.45) is 0 Å². The number of hydrogen-bond donors (Lipinski definition) is 1. The van der Waals surface area contributed by atoms with E-state index >= 15 is 0 Å². The molecule has 0 saturated heterocycles. The van der Waals surface area contributed by atoms with E-state index in [9.17, 15) is 10.1 Å². The van der Waals surface area contributed by atoms with Gasteiger partial charge in [-0.15, -0.1) is 0 Å². The second-order valence-electron chi connectivity index (χ2n) is 4.04. The second-order valence-corrected chi connectivity index (χ2v) is 4.04. The van der Waals surface area contributed by atoms with Gasteiger partial charge >= 0.3 is 0 Å². The van der Waals surface area contributed by atoms with E-state index in [-0.39, 0.29) is 5.69 Å². The van der Waals surface area contributed by atoms with E-state index in [0.29, 0.717) is 18.4 Å². The summed E-state index contributed by atoms with van der Waals surface area (Å²) >= 11 is 0. The highest BCUT2D eigenvalue weighted by Gasteiger charge is 2.08. The molecule has 1 aromatic carbocycles. The molecular weight excluding hydrogens is 250 g/mol. The summed E-state index contributed by atoms with van der Waals surface area (Å²) in [4.78, 5) is 15.9. The Morgan fingerprint density at radius 2 is 2.05 bits per heavy atom. The van der Waals surface area contributed by atoms with Gasteiger partial charge in [-0.2, -0.15) is 4.98 Å². The molecule has 0 aliphatic heterocycles. The van der Waals surface area contributed by atoms with Crippen molar-refractivity contribution in [3.05, 3.63) is 40.3 Å². The SMILES string of the molecule is CN(C)c1noc(CNc2ccc([N+](=O)[O-])cc2)n1. The maximum atomic E-state index is 10.5. The van der Waals surface area contributed by atoms with Crippen LogP contribution in [0, 0.1) is 10.1 Å². The first kappa shape index (κ1) is 12.8. The van der Waals surface area contributed by atoms with Gasteiger partial charge in [0.2, 0.25) is 5.89 Å². The molecule has 1 N–H and O–H groups in total. The predicted molar refractivity (Wildman–Crippen MR) is 69.0 cm³/mol. The third-order valence-electron chi connectivity index (χ3n) is 2.38. The van der Waals surface area contributed by atoms with Crippen molar-refractivity contribution in [1.82, 2.24) is 10.1 Å². The molecule has 0 radical (unpaired) electrons. The van der Waals surface area contributed by atoms with Crippen molar-refractivity contribution in [2.75, 3.05) is 24.3 Å². The highest BCUT2D eigenvalue weighted by Crippen LogP contribution is 2.16. The first-order valence-electron chi connectivity index (χ1n) is 5.54. The first-order valence-corrected chi connectivity index (χ1v) is 5.54. The number of anilines is 2. The predicted octanol–water partition coefficient (Wildman–Crippen LogP) is 1.66.